The van der Waals surface area contributed by atoms with E-state index in [-0.39, 0.29) is 11.6 Å². The summed E-state index contributed by atoms with van der Waals surface area (Å²) in [7, 11) is 1.30. The van der Waals surface area contributed by atoms with Gasteiger partial charge in [0.2, 0.25) is 0 Å². The summed E-state index contributed by atoms with van der Waals surface area (Å²) < 4.78 is 4.69. The minimum atomic E-state index is -0.480. The zero-order valence-corrected chi connectivity index (χ0v) is 15.6. The highest BCUT2D eigenvalue weighted by Gasteiger charge is 2.11. The first kappa shape index (κ1) is 19.2. The van der Waals surface area contributed by atoms with E-state index in [0.29, 0.717) is 28.6 Å². The van der Waals surface area contributed by atoms with Crippen molar-refractivity contribution in [3.63, 3.8) is 0 Å². The average Bonchev–Trinajstić information content (AvgIpc) is 2.74. The van der Waals surface area contributed by atoms with Crippen molar-refractivity contribution in [2.75, 3.05) is 12.4 Å². The molecule has 8 nitrogen and oxygen atoms in total. The number of benzene rings is 1. The van der Waals surface area contributed by atoms with Crippen LogP contribution in [-0.4, -0.2) is 34.2 Å². The van der Waals surface area contributed by atoms with Crippen molar-refractivity contribution in [1.29, 1.82) is 0 Å². The van der Waals surface area contributed by atoms with Crippen LogP contribution in [0.1, 0.15) is 26.4 Å². The molecule has 0 atom stereocenters. The molecule has 3 aromatic rings. The summed E-state index contributed by atoms with van der Waals surface area (Å²) in [6, 6.07) is 11.5. The Bertz CT molecular complexity index is 981. The highest BCUT2D eigenvalue weighted by molar-refractivity contribution is 6.33. The van der Waals surface area contributed by atoms with Crippen LogP contribution in [-0.2, 0) is 11.3 Å². The van der Waals surface area contributed by atoms with E-state index in [1.54, 1.807) is 42.7 Å². The van der Waals surface area contributed by atoms with Crippen LogP contribution >= 0.6 is 11.6 Å². The number of pyridine rings is 1. The third kappa shape index (κ3) is 4.80. The molecule has 0 aliphatic heterocycles. The number of hydrogen-bond donors (Lipinski definition) is 2. The van der Waals surface area contributed by atoms with Gasteiger partial charge in [-0.3, -0.25) is 9.78 Å². The number of nitrogens with zero attached hydrogens (tertiary/aromatic N) is 3. The lowest BCUT2D eigenvalue weighted by Crippen LogP contribution is -2.24. The van der Waals surface area contributed by atoms with E-state index in [4.69, 9.17) is 16.3 Å². The van der Waals surface area contributed by atoms with E-state index in [9.17, 15) is 9.59 Å². The molecule has 3 rings (SSSR count). The summed E-state index contributed by atoms with van der Waals surface area (Å²) in [5, 5.41) is 14.0. The number of hydrogen-bond acceptors (Lipinski definition) is 7. The number of methoxy groups -OCH3 is 1. The van der Waals surface area contributed by atoms with E-state index in [0.717, 1.165) is 5.56 Å². The maximum Gasteiger partial charge on any atom is 0.337 e. The number of rotatable bonds is 6. The molecule has 1 amide bonds. The monoisotopic (exact) mass is 397 g/mol. The van der Waals surface area contributed by atoms with E-state index in [1.165, 1.54) is 13.2 Å². The maximum absolute atomic E-state index is 12.2. The molecule has 1 aromatic carbocycles. The highest BCUT2D eigenvalue weighted by Crippen LogP contribution is 2.26. The standard InChI is InChI=1S/C19H16ClN5O3/c1-28-19(27)13-4-5-14(20)16(9-13)23-17-7-6-15(24-25-17)18(26)22-11-12-3-2-8-21-10-12/h2-10H,11H2,1H3,(H,22,26)(H,23,25). The molecule has 142 valence electrons. The molecule has 0 aliphatic rings. The molecule has 2 aromatic heterocycles. The van der Waals surface area contributed by atoms with Crippen LogP contribution in [0.4, 0.5) is 11.5 Å². The molecule has 0 saturated carbocycles. The van der Waals surface area contributed by atoms with Gasteiger partial charge in [0.05, 0.1) is 23.4 Å². The van der Waals surface area contributed by atoms with Gasteiger partial charge < -0.3 is 15.4 Å². The molecule has 2 heterocycles. The Morgan fingerprint density at radius 2 is 2.00 bits per heavy atom. The number of carbonyl (C=O) groups excluding carboxylic acids is 2. The Hall–Kier alpha value is -3.52. The minimum Gasteiger partial charge on any atom is -0.465 e. The third-order valence-electron chi connectivity index (χ3n) is 3.72. The van der Waals surface area contributed by atoms with Crippen LogP contribution in [0.25, 0.3) is 0 Å². The second-order valence-electron chi connectivity index (χ2n) is 5.66. The minimum absolute atomic E-state index is 0.170. The van der Waals surface area contributed by atoms with Crippen LogP contribution in [0.15, 0.2) is 54.9 Å². The SMILES string of the molecule is COC(=O)c1ccc(Cl)c(Nc2ccc(C(=O)NCc3cccnc3)nn2)c1. The maximum atomic E-state index is 12.2. The van der Waals surface area contributed by atoms with Gasteiger partial charge in [-0.15, -0.1) is 10.2 Å². The van der Waals surface area contributed by atoms with Crippen molar-refractivity contribution in [2.24, 2.45) is 0 Å². The first-order chi connectivity index (χ1) is 13.6. The van der Waals surface area contributed by atoms with Gasteiger partial charge in [0.15, 0.2) is 11.5 Å². The van der Waals surface area contributed by atoms with Crippen molar-refractivity contribution < 1.29 is 14.3 Å². The van der Waals surface area contributed by atoms with E-state index in [1.807, 2.05) is 6.07 Å². The Labute approximate surface area is 165 Å². The van der Waals surface area contributed by atoms with Gasteiger partial charge in [-0.1, -0.05) is 17.7 Å². The van der Waals surface area contributed by atoms with E-state index < -0.39 is 5.97 Å². The van der Waals surface area contributed by atoms with Crippen LogP contribution in [0, 0.1) is 0 Å². The fourth-order valence-electron chi connectivity index (χ4n) is 2.30. The summed E-state index contributed by atoms with van der Waals surface area (Å²) in [6.07, 6.45) is 3.33. The number of anilines is 2. The van der Waals surface area contributed by atoms with Gasteiger partial charge in [0.25, 0.3) is 5.91 Å². The normalized spacial score (nSPS) is 10.2. The fourth-order valence-corrected chi connectivity index (χ4v) is 2.46. The summed E-state index contributed by atoms with van der Waals surface area (Å²) in [6.45, 7) is 0.338. The molecule has 0 fully saturated rings. The Balaban J connectivity index is 1.66. The van der Waals surface area contributed by atoms with Gasteiger partial charge in [0, 0.05) is 18.9 Å². The van der Waals surface area contributed by atoms with Crippen molar-refractivity contribution in [1.82, 2.24) is 20.5 Å². The lowest BCUT2D eigenvalue weighted by molar-refractivity contribution is 0.0600. The smallest absolute Gasteiger partial charge is 0.337 e. The predicted octanol–water partition coefficient (Wildman–Crippen LogP) is 2.99. The average molecular weight is 398 g/mol. The summed E-state index contributed by atoms with van der Waals surface area (Å²) in [5.41, 5.74) is 1.85. The van der Waals surface area contributed by atoms with Crippen LogP contribution in [0.3, 0.4) is 0 Å². The number of esters is 1. The molecule has 0 bridgehead atoms. The van der Waals surface area contributed by atoms with Crippen LogP contribution < -0.4 is 10.6 Å². The van der Waals surface area contributed by atoms with Crippen molar-refractivity contribution in [3.8, 4) is 0 Å². The molecular weight excluding hydrogens is 382 g/mol. The van der Waals surface area contributed by atoms with Gasteiger partial charge in [-0.05, 0) is 42.0 Å². The molecule has 28 heavy (non-hydrogen) atoms. The van der Waals surface area contributed by atoms with E-state index in [2.05, 4.69) is 25.8 Å². The predicted molar refractivity (Wildman–Crippen MR) is 104 cm³/mol. The number of ether oxygens (including phenoxy) is 1. The second kappa shape index (κ2) is 8.92. The molecule has 0 unspecified atom stereocenters. The Morgan fingerprint density at radius 1 is 1.14 bits per heavy atom. The zero-order chi connectivity index (χ0) is 19.9. The lowest BCUT2D eigenvalue weighted by Gasteiger charge is -2.09. The van der Waals surface area contributed by atoms with Gasteiger partial charge in [0.1, 0.15) is 0 Å². The number of amides is 1. The highest BCUT2D eigenvalue weighted by atomic mass is 35.5. The van der Waals surface area contributed by atoms with Crippen molar-refractivity contribution >= 4 is 35.0 Å². The number of carbonyl (C=O) groups is 2. The number of halogens is 1. The van der Waals surface area contributed by atoms with Crippen molar-refractivity contribution in [2.45, 2.75) is 6.54 Å². The molecule has 0 radical (unpaired) electrons. The zero-order valence-electron chi connectivity index (χ0n) is 14.8. The Kier molecular flexibility index (Phi) is 6.13. The summed E-state index contributed by atoms with van der Waals surface area (Å²) >= 11 is 6.14. The summed E-state index contributed by atoms with van der Waals surface area (Å²) in [4.78, 5) is 27.8. The first-order valence-electron chi connectivity index (χ1n) is 8.22. The first-order valence-corrected chi connectivity index (χ1v) is 8.60. The quantitative estimate of drug-likeness (QED) is 0.616. The van der Waals surface area contributed by atoms with Gasteiger partial charge in [-0.25, -0.2) is 4.79 Å². The van der Waals surface area contributed by atoms with Crippen LogP contribution in [0.5, 0.6) is 0 Å². The lowest BCUT2D eigenvalue weighted by atomic mass is 10.2. The van der Waals surface area contributed by atoms with Gasteiger partial charge >= 0.3 is 5.97 Å². The molecule has 9 heteroatoms. The van der Waals surface area contributed by atoms with Crippen molar-refractivity contribution in [3.05, 3.63) is 76.7 Å². The molecule has 0 saturated heterocycles. The third-order valence-corrected chi connectivity index (χ3v) is 4.05. The topological polar surface area (TPSA) is 106 Å². The second-order valence-corrected chi connectivity index (χ2v) is 6.07. The number of nitrogens with one attached hydrogen (secondary N) is 2. The summed E-state index contributed by atoms with van der Waals surface area (Å²) in [5.74, 6) is -0.465. The molecule has 0 aliphatic carbocycles. The van der Waals surface area contributed by atoms with E-state index >= 15 is 0 Å². The molecule has 0 spiro atoms. The Morgan fingerprint density at radius 3 is 2.68 bits per heavy atom. The molecule has 2 N–H and O–H groups in total. The number of aromatic nitrogens is 3. The van der Waals surface area contributed by atoms with Crippen LogP contribution in [0.2, 0.25) is 5.02 Å². The largest absolute Gasteiger partial charge is 0.465 e. The molecular formula is C19H16ClN5O3. The fraction of sp³-hybridized carbons (Fsp3) is 0.105. The van der Waals surface area contributed by atoms with Gasteiger partial charge in [-0.2, -0.15) is 0 Å².